The molecular weight excluding hydrogens is 240 g/mol. The fraction of sp³-hybridized carbons (Fsp3) is 0.533. The Morgan fingerprint density at radius 1 is 1.37 bits per heavy atom. The highest BCUT2D eigenvalue weighted by Gasteiger charge is 2.33. The molecule has 0 spiro atoms. The van der Waals surface area contributed by atoms with Crippen LogP contribution in [0.1, 0.15) is 31.2 Å². The van der Waals surface area contributed by atoms with E-state index < -0.39 is 0 Å². The molecule has 1 aliphatic carbocycles. The van der Waals surface area contributed by atoms with Gasteiger partial charge in [-0.05, 0) is 37.0 Å². The van der Waals surface area contributed by atoms with Gasteiger partial charge in [-0.2, -0.15) is 0 Å². The van der Waals surface area contributed by atoms with Crippen molar-refractivity contribution >= 4 is 11.6 Å². The largest absolute Gasteiger partial charge is 0.385 e. The molecule has 0 saturated heterocycles. The monoisotopic (exact) mass is 262 g/mol. The van der Waals surface area contributed by atoms with Crippen molar-refractivity contribution in [2.75, 3.05) is 18.6 Å². The molecule has 4 nitrogen and oxygen atoms in total. The smallest absolute Gasteiger partial charge is 0.227 e. The molecule has 0 aliphatic heterocycles. The van der Waals surface area contributed by atoms with Crippen LogP contribution in [-0.4, -0.2) is 25.7 Å². The fourth-order valence-corrected chi connectivity index (χ4v) is 2.17. The second kappa shape index (κ2) is 6.68. The van der Waals surface area contributed by atoms with Gasteiger partial charge in [0.25, 0.3) is 0 Å². The molecule has 0 heterocycles. The predicted octanol–water partition coefficient (Wildman–Crippen LogP) is 2.07. The van der Waals surface area contributed by atoms with Gasteiger partial charge < -0.3 is 15.4 Å². The molecule has 0 aromatic heterocycles. The van der Waals surface area contributed by atoms with E-state index in [9.17, 15) is 4.79 Å². The SMILES string of the molecule is COCCCC(=O)N(c1ccc(CN)cc1)C1CC1. The lowest BCUT2D eigenvalue weighted by atomic mass is 10.1. The highest BCUT2D eigenvalue weighted by atomic mass is 16.5. The molecule has 0 atom stereocenters. The summed E-state index contributed by atoms with van der Waals surface area (Å²) in [7, 11) is 1.66. The van der Waals surface area contributed by atoms with Crippen molar-refractivity contribution in [3.63, 3.8) is 0 Å². The Labute approximate surface area is 114 Å². The van der Waals surface area contributed by atoms with Crippen LogP contribution >= 0.6 is 0 Å². The number of methoxy groups -OCH3 is 1. The molecule has 1 fully saturated rings. The molecule has 1 amide bonds. The Balaban J connectivity index is 2.04. The number of rotatable bonds is 7. The van der Waals surface area contributed by atoms with Crippen molar-refractivity contribution in [3.05, 3.63) is 29.8 Å². The maximum atomic E-state index is 12.3. The standard InChI is InChI=1S/C15H22N2O2/c1-19-10-2-3-15(18)17(14-8-9-14)13-6-4-12(11-16)5-7-13/h4-7,14H,2-3,8-11,16H2,1H3. The third-order valence-electron chi connectivity index (χ3n) is 3.37. The van der Waals surface area contributed by atoms with Crippen LogP contribution in [0.15, 0.2) is 24.3 Å². The number of amides is 1. The van der Waals surface area contributed by atoms with Gasteiger partial charge in [0.15, 0.2) is 0 Å². The minimum absolute atomic E-state index is 0.194. The van der Waals surface area contributed by atoms with Crippen LogP contribution in [0.3, 0.4) is 0 Å². The number of nitrogens with zero attached hydrogens (tertiary/aromatic N) is 1. The van der Waals surface area contributed by atoms with Gasteiger partial charge in [-0.3, -0.25) is 4.79 Å². The molecule has 19 heavy (non-hydrogen) atoms. The molecule has 1 aromatic rings. The number of hydrogen-bond donors (Lipinski definition) is 1. The zero-order valence-electron chi connectivity index (χ0n) is 11.5. The Bertz CT molecular complexity index is 413. The van der Waals surface area contributed by atoms with E-state index in [1.807, 2.05) is 29.2 Å². The average molecular weight is 262 g/mol. The number of ether oxygens (including phenoxy) is 1. The summed E-state index contributed by atoms with van der Waals surface area (Å²) in [5, 5.41) is 0. The first kappa shape index (κ1) is 14.0. The molecular formula is C15H22N2O2. The third kappa shape index (κ3) is 3.78. The summed E-state index contributed by atoms with van der Waals surface area (Å²) in [6.07, 6.45) is 3.53. The highest BCUT2D eigenvalue weighted by molar-refractivity contribution is 5.94. The zero-order valence-corrected chi connectivity index (χ0v) is 11.5. The van der Waals surface area contributed by atoms with Gasteiger partial charge >= 0.3 is 0 Å². The third-order valence-corrected chi connectivity index (χ3v) is 3.37. The molecule has 0 bridgehead atoms. The maximum absolute atomic E-state index is 12.3. The molecule has 1 aromatic carbocycles. The van der Waals surface area contributed by atoms with E-state index in [4.69, 9.17) is 10.5 Å². The number of benzene rings is 1. The van der Waals surface area contributed by atoms with Crippen LogP contribution < -0.4 is 10.6 Å². The van der Waals surface area contributed by atoms with Crippen LogP contribution in [-0.2, 0) is 16.1 Å². The molecule has 0 unspecified atom stereocenters. The molecule has 1 aliphatic rings. The molecule has 104 valence electrons. The number of nitrogens with two attached hydrogens (primary N) is 1. The van der Waals surface area contributed by atoms with Crippen molar-refractivity contribution in [2.24, 2.45) is 5.73 Å². The Morgan fingerprint density at radius 3 is 2.58 bits per heavy atom. The van der Waals surface area contributed by atoms with Crippen molar-refractivity contribution in [3.8, 4) is 0 Å². The fourth-order valence-electron chi connectivity index (χ4n) is 2.17. The summed E-state index contributed by atoms with van der Waals surface area (Å²) >= 11 is 0. The van der Waals surface area contributed by atoms with E-state index in [0.717, 1.165) is 30.5 Å². The van der Waals surface area contributed by atoms with Gasteiger partial charge in [0.05, 0.1) is 0 Å². The summed E-state index contributed by atoms with van der Waals surface area (Å²) in [6, 6.07) is 8.36. The quantitative estimate of drug-likeness (QED) is 0.765. The number of carbonyl (C=O) groups excluding carboxylic acids is 1. The van der Waals surface area contributed by atoms with Gasteiger partial charge in [0.2, 0.25) is 5.91 Å². The van der Waals surface area contributed by atoms with Gasteiger partial charge in [0.1, 0.15) is 0 Å². The van der Waals surface area contributed by atoms with E-state index in [2.05, 4.69) is 0 Å². The topological polar surface area (TPSA) is 55.6 Å². The van der Waals surface area contributed by atoms with Crippen LogP contribution in [0.25, 0.3) is 0 Å². The second-order valence-electron chi connectivity index (χ2n) is 4.96. The molecule has 1 saturated carbocycles. The first-order chi connectivity index (χ1) is 9.26. The van der Waals surface area contributed by atoms with E-state index in [1.54, 1.807) is 7.11 Å². The molecule has 2 rings (SSSR count). The van der Waals surface area contributed by atoms with Crippen molar-refractivity contribution in [2.45, 2.75) is 38.3 Å². The first-order valence-corrected chi connectivity index (χ1v) is 6.86. The molecule has 0 radical (unpaired) electrons. The number of hydrogen-bond acceptors (Lipinski definition) is 3. The summed E-state index contributed by atoms with van der Waals surface area (Å²) in [4.78, 5) is 14.2. The van der Waals surface area contributed by atoms with Crippen LogP contribution in [0.4, 0.5) is 5.69 Å². The van der Waals surface area contributed by atoms with E-state index >= 15 is 0 Å². The van der Waals surface area contributed by atoms with E-state index in [-0.39, 0.29) is 5.91 Å². The number of anilines is 1. The average Bonchev–Trinajstić information content (AvgIpc) is 3.25. The summed E-state index contributed by atoms with van der Waals surface area (Å²) < 4.78 is 5.00. The van der Waals surface area contributed by atoms with Crippen molar-refractivity contribution < 1.29 is 9.53 Å². The van der Waals surface area contributed by atoms with Crippen LogP contribution in [0.5, 0.6) is 0 Å². The number of carbonyl (C=O) groups is 1. The van der Waals surface area contributed by atoms with Crippen LogP contribution in [0.2, 0.25) is 0 Å². The zero-order chi connectivity index (χ0) is 13.7. The van der Waals surface area contributed by atoms with E-state index in [0.29, 0.717) is 25.6 Å². The first-order valence-electron chi connectivity index (χ1n) is 6.86. The Kier molecular flexibility index (Phi) is 4.93. The Morgan fingerprint density at radius 2 is 2.05 bits per heavy atom. The van der Waals surface area contributed by atoms with Crippen LogP contribution in [0, 0.1) is 0 Å². The second-order valence-corrected chi connectivity index (χ2v) is 4.96. The maximum Gasteiger partial charge on any atom is 0.227 e. The lowest BCUT2D eigenvalue weighted by molar-refractivity contribution is -0.119. The summed E-state index contributed by atoms with van der Waals surface area (Å²) in [5.74, 6) is 0.194. The summed E-state index contributed by atoms with van der Waals surface area (Å²) in [5.41, 5.74) is 7.67. The van der Waals surface area contributed by atoms with E-state index in [1.165, 1.54) is 0 Å². The van der Waals surface area contributed by atoms with Gasteiger partial charge in [-0.15, -0.1) is 0 Å². The van der Waals surface area contributed by atoms with Gasteiger partial charge in [0, 0.05) is 38.4 Å². The van der Waals surface area contributed by atoms with Gasteiger partial charge in [-0.25, -0.2) is 0 Å². The summed E-state index contributed by atoms with van der Waals surface area (Å²) in [6.45, 7) is 1.17. The van der Waals surface area contributed by atoms with Crippen molar-refractivity contribution in [1.29, 1.82) is 0 Å². The normalized spacial score (nSPS) is 14.4. The molecule has 2 N–H and O–H groups in total. The highest BCUT2D eigenvalue weighted by Crippen LogP contribution is 2.32. The van der Waals surface area contributed by atoms with Gasteiger partial charge in [-0.1, -0.05) is 12.1 Å². The molecule has 4 heteroatoms. The lowest BCUT2D eigenvalue weighted by Gasteiger charge is -2.23. The lowest BCUT2D eigenvalue weighted by Crippen LogP contribution is -2.33. The minimum atomic E-state index is 0.194. The predicted molar refractivity (Wildman–Crippen MR) is 76.0 cm³/mol. The Hall–Kier alpha value is -1.39. The minimum Gasteiger partial charge on any atom is -0.385 e. The van der Waals surface area contributed by atoms with Crippen molar-refractivity contribution in [1.82, 2.24) is 0 Å².